The van der Waals surface area contributed by atoms with E-state index in [2.05, 4.69) is 32.6 Å². The summed E-state index contributed by atoms with van der Waals surface area (Å²) in [6.45, 7) is 8.21. The van der Waals surface area contributed by atoms with Gasteiger partial charge in [-0.05, 0) is 73.4 Å². The van der Waals surface area contributed by atoms with Crippen LogP contribution in [0.15, 0.2) is 37.1 Å². The third-order valence-corrected chi connectivity index (χ3v) is 13.2. The van der Waals surface area contributed by atoms with Crippen molar-refractivity contribution in [3.63, 3.8) is 0 Å². The maximum atomic E-state index is 14.0. The monoisotopic (exact) mass is 705 g/mol. The lowest BCUT2D eigenvalue weighted by atomic mass is 9.72. The fourth-order valence-corrected chi connectivity index (χ4v) is 10.3. The number of benzene rings is 2. The van der Waals surface area contributed by atoms with E-state index in [0.29, 0.717) is 79.0 Å². The first kappa shape index (κ1) is 31.8. The maximum Gasteiger partial charge on any atom is 0.422 e. The Morgan fingerprint density at radius 2 is 1.80 bits per heavy atom. The first-order valence-electron chi connectivity index (χ1n) is 17.2. The number of amides is 1. The summed E-state index contributed by atoms with van der Waals surface area (Å²) in [7, 11) is -0.812. The van der Waals surface area contributed by atoms with E-state index >= 15 is 0 Å². The molecule has 2 aromatic carbocycles. The molecule has 1 N–H and O–H groups in total. The number of carbonyl (C=O) groups is 1. The fraction of sp³-hybridized carbons (Fsp3) is 0.500. The quantitative estimate of drug-likeness (QED) is 0.252. The lowest BCUT2D eigenvalue weighted by Crippen LogP contribution is -2.67. The number of aryl methyl sites for hydroxylation is 1. The number of piperidine rings is 1. The van der Waals surface area contributed by atoms with Crippen molar-refractivity contribution in [1.29, 1.82) is 0 Å². The number of halogens is 3. The van der Waals surface area contributed by atoms with Gasteiger partial charge >= 0.3 is 6.18 Å². The van der Waals surface area contributed by atoms with E-state index in [-0.39, 0.29) is 28.4 Å². The van der Waals surface area contributed by atoms with Crippen LogP contribution in [0.2, 0.25) is 0 Å². The number of ether oxygens (including phenoxy) is 1. The SMILES string of the molecule is C=CC(=O)N1CC2(CCN(c3nc(N4CC5(C4)CS(=O)C5)nc4c(OCC(F)(F)F)c(-c5c(C)ccc6[nH]ncc56)c(C5CC5)cc34)CC2)C1. The van der Waals surface area contributed by atoms with Crippen molar-refractivity contribution in [2.24, 2.45) is 10.8 Å². The molecule has 4 aromatic rings. The maximum absolute atomic E-state index is 14.0. The normalized spacial score (nSPS) is 21.4. The smallest absolute Gasteiger partial charge is 0.422 e. The molecule has 2 aromatic heterocycles. The third-order valence-electron chi connectivity index (χ3n) is 11.4. The predicted molar refractivity (Wildman–Crippen MR) is 186 cm³/mol. The number of carbonyl (C=O) groups excluding carboxylic acids is 1. The van der Waals surface area contributed by atoms with Crippen LogP contribution in [0.4, 0.5) is 24.9 Å². The molecule has 10 nitrogen and oxygen atoms in total. The van der Waals surface area contributed by atoms with Gasteiger partial charge in [0.05, 0.1) is 11.7 Å². The highest BCUT2D eigenvalue weighted by atomic mass is 32.2. The average molecular weight is 706 g/mol. The van der Waals surface area contributed by atoms with Crippen molar-refractivity contribution in [1.82, 2.24) is 25.1 Å². The molecule has 1 aliphatic carbocycles. The molecule has 4 saturated heterocycles. The summed E-state index contributed by atoms with van der Waals surface area (Å²) in [5.74, 6) is 2.67. The van der Waals surface area contributed by atoms with Crippen LogP contribution in [0.3, 0.4) is 0 Å². The molecule has 0 atom stereocenters. The summed E-state index contributed by atoms with van der Waals surface area (Å²) in [6, 6.07) is 5.99. The third kappa shape index (κ3) is 5.24. The van der Waals surface area contributed by atoms with Crippen LogP contribution in [0.25, 0.3) is 32.9 Å². The minimum atomic E-state index is -4.57. The summed E-state index contributed by atoms with van der Waals surface area (Å²) < 4.78 is 59.9. The minimum absolute atomic E-state index is 0.0234. The van der Waals surface area contributed by atoms with Gasteiger partial charge < -0.3 is 19.4 Å². The molecule has 5 aliphatic rings. The van der Waals surface area contributed by atoms with E-state index in [0.717, 1.165) is 53.3 Å². The highest BCUT2D eigenvalue weighted by Gasteiger charge is 2.53. The number of H-pyrrole nitrogens is 1. The number of hydrogen-bond acceptors (Lipinski definition) is 8. The highest BCUT2D eigenvalue weighted by Crippen LogP contribution is 2.54. The molecule has 1 saturated carbocycles. The minimum Gasteiger partial charge on any atom is -0.481 e. The number of nitrogens with zero attached hydrogens (tertiary/aromatic N) is 6. The topological polar surface area (TPSA) is 108 Å². The van der Waals surface area contributed by atoms with E-state index in [9.17, 15) is 22.2 Å². The van der Waals surface area contributed by atoms with E-state index in [1.807, 2.05) is 24.0 Å². The Kier molecular flexibility index (Phi) is 7.08. The Morgan fingerprint density at radius 1 is 1.06 bits per heavy atom. The van der Waals surface area contributed by atoms with Crippen molar-refractivity contribution in [2.45, 2.75) is 44.7 Å². The zero-order chi connectivity index (χ0) is 34.6. The Balaban J connectivity index is 1.21. The number of alkyl halides is 3. The number of nitrogens with one attached hydrogen (secondary N) is 1. The van der Waals surface area contributed by atoms with Crippen molar-refractivity contribution < 1.29 is 26.9 Å². The van der Waals surface area contributed by atoms with Gasteiger partial charge in [-0.1, -0.05) is 12.6 Å². The van der Waals surface area contributed by atoms with Gasteiger partial charge in [-0.25, -0.2) is 4.98 Å². The summed E-state index contributed by atoms with van der Waals surface area (Å²) in [4.78, 5) is 28.5. The van der Waals surface area contributed by atoms with Crippen LogP contribution in [0.5, 0.6) is 5.75 Å². The van der Waals surface area contributed by atoms with Gasteiger partial charge in [-0.15, -0.1) is 0 Å². The number of aromatic nitrogens is 4. The summed E-state index contributed by atoms with van der Waals surface area (Å²) >= 11 is 0. The van der Waals surface area contributed by atoms with Gasteiger partial charge in [-0.3, -0.25) is 14.1 Å². The number of anilines is 2. The molecular weight excluding hydrogens is 668 g/mol. The molecule has 50 heavy (non-hydrogen) atoms. The Morgan fingerprint density at radius 3 is 2.46 bits per heavy atom. The van der Waals surface area contributed by atoms with Crippen LogP contribution in [0, 0.1) is 17.8 Å². The van der Waals surface area contributed by atoms with Gasteiger partial charge in [0.15, 0.2) is 12.4 Å². The Labute approximate surface area is 289 Å². The summed E-state index contributed by atoms with van der Waals surface area (Å²) in [5, 5.41) is 8.78. The van der Waals surface area contributed by atoms with E-state index in [4.69, 9.17) is 14.7 Å². The number of likely N-dealkylation sites (tertiary alicyclic amines) is 1. The molecule has 5 fully saturated rings. The molecule has 262 valence electrons. The fourth-order valence-electron chi connectivity index (χ4n) is 8.62. The van der Waals surface area contributed by atoms with Gasteiger partial charge in [-0.2, -0.15) is 23.3 Å². The number of fused-ring (bicyclic) bond motifs is 2. The van der Waals surface area contributed by atoms with Crippen LogP contribution in [0.1, 0.15) is 42.7 Å². The van der Waals surface area contributed by atoms with Gasteiger partial charge in [0, 0.05) is 88.7 Å². The summed E-state index contributed by atoms with van der Waals surface area (Å²) in [5.41, 5.74) is 4.44. The van der Waals surface area contributed by atoms with Crippen LogP contribution in [-0.4, -0.2) is 98.7 Å². The van der Waals surface area contributed by atoms with Crippen molar-refractivity contribution in [3.05, 3.63) is 48.2 Å². The summed E-state index contributed by atoms with van der Waals surface area (Å²) in [6.07, 6.45) is 2.09. The van der Waals surface area contributed by atoms with Crippen LogP contribution < -0.4 is 14.5 Å². The second-order valence-corrected chi connectivity index (χ2v) is 16.6. The van der Waals surface area contributed by atoms with E-state index in [1.54, 1.807) is 6.20 Å². The number of hydrogen-bond donors (Lipinski definition) is 1. The molecule has 6 heterocycles. The molecular formula is C36H38F3N7O3S. The van der Waals surface area contributed by atoms with Gasteiger partial charge in [0.1, 0.15) is 11.3 Å². The molecule has 0 bridgehead atoms. The average Bonchev–Trinajstić information content (AvgIpc) is 3.78. The second kappa shape index (κ2) is 11.1. The molecule has 4 aliphatic heterocycles. The molecule has 9 rings (SSSR count). The van der Waals surface area contributed by atoms with Crippen molar-refractivity contribution >= 4 is 50.3 Å². The molecule has 0 radical (unpaired) electrons. The Hall–Kier alpha value is -4.20. The molecule has 0 unspecified atom stereocenters. The first-order chi connectivity index (χ1) is 23.9. The zero-order valence-electron chi connectivity index (χ0n) is 27.8. The van der Waals surface area contributed by atoms with Crippen LogP contribution in [-0.2, 0) is 15.6 Å². The second-order valence-electron chi connectivity index (χ2n) is 15.2. The van der Waals surface area contributed by atoms with E-state index in [1.165, 1.54) is 6.08 Å². The Bertz CT molecular complexity index is 2080. The molecule has 1 amide bonds. The van der Waals surface area contributed by atoms with Crippen molar-refractivity contribution in [3.8, 4) is 16.9 Å². The predicted octanol–water partition coefficient (Wildman–Crippen LogP) is 5.48. The van der Waals surface area contributed by atoms with Crippen molar-refractivity contribution in [2.75, 3.05) is 67.2 Å². The van der Waals surface area contributed by atoms with Gasteiger partial charge in [0.2, 0.25) is 11.9 Å². The number of aromatic amines is 1. The number of rotatable bonds is 7. The zero-order valence-corrected chi connectivity index (χ0v) is 28.6. The largest absolute Gasteiger partial charge is 0.481 e. The molecule has 14 heteroatoms. The van der Waals surface area contributed by atoms with Crippen LogP contribution >= 0.6 is 0 Å². The van der Waals surface area contributed by atoms with E-state index < -0.39 is 23.6 Å². The lowest BCUT2D eigenvalue weighted by molar-refractivity contribution is -0.153. The van der Waals surface area contributed by atoms with Gasteiger partial charge in [0.25, 0.3) is 0 Å². The lowest BCUT2D eigenvalue weighted by Gasteiger charge is -2.55. The first-order valence-corrected chi connectivity index (χ1v) is 18.7. The standard InChI is InChI=1S/C36H38F3N7O3S/c1-3-27(47)45-14-34(15-45)8-10-44(11-9-34)32-24-12-23(22-5-6-22)29(28-21(2)4-7-26-25(28)13-40-43-26)31(49-18-36(37,38)39)30(24)41-33(42-32)46-16-35(17-46)19-50(48)20-35/h3-4,7,12-13,22H,1,5-6,8-11,14-20H2,2H3,(H,40,43). The highest BCUT2D eigenvalue weighted by molar-refractivity contribution is 7.86. The molecule has 2 spiro atoms.